The molecular weight excluding hydrogens is 801 g/mol. The maximum Gasteiger partial charge on any atom is 0.335 e. The van der Waals surface area contributed by atoms with E-state index in [-0.39, 0.29) is 26.1 Å². The Balaban J connectivity index is 2.29. The van der Waals surface area contributed by atoms with Crippen LogP contribution < -0.4 is 0 Å². The topological polar surface area (TPSA) is 169 Å². The normalized spacial score (nSPS) is 19.5. The van der Waals surface area contributed by atoms with Gasteiger partial charge in [-0.25, -0.2) is 4.79 Å². The summed E-state index contributed by atoms with van der Waals surface area (Å²) < 4.78 is 21.8. The number of carbonyl (C=O) groups excluding carboxylic acids is 2. The first-order chi connectivity index (χ1) is 30.7. The standard InChI is InChI=1S/C52H94O11/c1-3-5-7-9-11-13-15-17-19-21-22-23-24-25-27-29-31-33-35-37-39-41-46(54)62-44(43-61-52-49(57)47(55)48(56)50(63-52)51(58)59)42-60-45(53)40-38-36-34-32-30-28-26-20-18-16-14-12-10-8-6-4-2/h14,16,20,26,44,47-50,52,55-57H,3-13,15,17-19,21-25,27-43H2,1-2H3,(H,58,59)/b16-14-,26-20-. The average molecular weight is 895 g/mol. The lowest BCUT2D eigenvalue weighted by atomic mass is 9.99. The molecule has 0 saturated carbocycles. The zero-order chi connectivity index (χ0) is 46.0. The van der Waals surface area contributed by atoms with Crippen LogP contribution in [0.25, 0.3) is 0 Å². The molecule has 6 atom stereocenters. The van der Waals surface area contributed by atoms with E-state index in [0.29, 0.717) is 12.8 Å². The molecule has 6 unspecified atom stereocenters. The Labute approximate surface area is 383 Å². The van der Waals surface area contributed by atoms with E-state index in [1.807, 2.05) is 0 Å². The van der Waals surface area contributed by atoms with E-state index in [2.05, 4.69) is 38.2 Å². The minimum atomic E-state index is -1.86. The molecule has 63 heavy (non-hydrogen) atoms. The van der Waals surface area contributed by atoms with Crippen LogP contribution in [0.4, 0.5) is 0 Å². The van der Waals surface area contributed by atoms with Crippen molar-refractivity contribution in [2.24, 2.45) is 0 Å². The highest BCUT2D eigenvalue weighted by Crippen LogP contribution is 2.23. The largest absolute Gasteiger partial charge is 0.479 e. The number of esters is 2. The number of hydrogen-bond donors (Lipinski definition) is 4. The summed E-state index contributed by atoms with van der Waals surface area (Å²) in [5.41, 5.74) is 0. The zero-order valence-corrected chi connectivity index (χ0v) is 40.1. The van der Waals surface area contributed by atoms with E-state index >= 15 is 0 Å². The SMILES string of the molecule is CCCCCC/C=C\C/C=C\CCCCCCCC(=O)OCC(COC1OC(C(=O)O)C(O)C(O)C1O)OC(=O)CCCCCCCCCCCCCCCCCCCCCCC. The number of aliphatic hydroxyl groups is 3. The number of hydrogen-bond acceptors (Lipinski definition) is 10. The first-order valence-electron chi connectivity index (χ1n) is 25.9. The predicted molar refractivity (Wildman–Crippen MR) is 252 cm³/mol. The number of carboxylic acid groups (broad SMARTS) is 1. The number of carboxylic acids is 1. The van der Waals surface area contributed by atoms with Crippen LogP contribution >= 0.6 is 0 Å². The van der Waals surface area contributed by atoms with Gasteiger partial charge < -0.3 is 39.4 Å². The number of unbranched alkanes of at least 4 members (excludes halogenated alkanes) is 29. The van der Waals surface area contributed by atoms with Gasteiger partial charge in [0.1, 0.15) is 24.9 Å². The molecule has 0 aromatic heterocycles. The van der Waals surface area contributed by atoms with Gasteiger partial charge in [0.25, 0.3) is 0 Å². The van der Waals surface area contributed by atoms with Gasteiger partial charge in [-0.2, -0.15) is 0 Å². The molecule has 1 heterocycles. The second kappa shape index (κ2) is 42.3. The maximum absolute atomic E-state index is 12.8. The highest BCUT2D eigenvalue weighted by atomic mass is 16.7. The van der Waals surface area contributed by atoms with Gasteiger partial charge in [0.2, 0.25) is 0 Å². The Kier molecular flexibility index (Phi) is 39.4. The number of allylic oxidation sites excluding steroid dienone is 4. The van der Waals surface area contributed by atoms with Crippen molar-refractivity contribution < 1.29 is 53.8 Å². The van der Waals surface area contributed by atoms with Crippen LogP contribution in [-0.4, -0.2) is 88.4 Å². The van der Waals surface area contributed by atoms with Crippen LogP contribution in [0.1, 0.15) is 239 Å². The molecule has 1 saturated heterocycles. The molecule has 1 rings (SSSR count). The number of ether oxygens (including phenoxy) is 4. The van der Waals surface area contributed by atoms with E-state index in [9.17, 15) is 34.8 Å². The number of aliphatic carboxylic acids is 1. The Morgan fingerprint density at radius 1 is 0.492 bits per heavy atom. The summed E-state index contributed by atoms with van der Waals surface area (Å²) in [6.45, 7) is 3.82. The van der Waals surface area contributed by atoms with Gasteiger partial charge >= 0.3 is 17.9 Å². The summed E-state index contributed by atoms with van der Waals surface area (Å²) >= 11 is 0. The number of carbonyl (C=O) groups is 3. The van der Waals surface area contributed by atoms with Crippen molar-refractivity contribution in [2.75, 3.05) is 13.2 Å². The van der Waals surface area contributed by atoms with Crippen LogP contribution in [0.15, 0.2) is 24.3 Å². The fourth-order valence-electron chi connectivity index (χ4n) is 7.97. The molecule has 4 N–H and O–H groups in total. The summed E-state index contributed by atoms with van der Waals surface area (Å²) in [7, 11) is 0. The van der Waals surface area contributed by atoms with E-state index in [1.54, 1.807) is 0 Å². The molecule has 0 aromatic rings. The quantitative estimate of drug-likeness (QED) is 0.0261. The molecule has 11 nitrogen and oxygen atoms in total. The molecule has 0 bridgehead atoms. The van der Waals surface area contributed by atoms with E-state index in [1.165, 1.54) is 141 Å². The molecule has 0 amide bonds. The summed E-state index contributed by atoms with van der Waals surface area (Å²) in [5.74, 6) is -2.45. The van der Waals surface area contributed by atoms with Gasteiger partial charge in [-0.15, -0.1) is 0 Å². The van der Waals surface area contributed by atoms with Crippen LogP contribution in [0.2, 0.25) is 0 Å². The second-order valence-corrected chi connectivity index (χ2v) is 18.0. The van der Waals surface area contributed by atoms with Crippen LogP contribution in [0.5, 0.6) is 0 Å². The van der Waals surface area contributed by atoms with Gasteiger partial charge in [-0.05, 0) is 44.9 Å². The van der Waals surface area contributed by atoms with Gasteiger partial charge in [0.15, 0.2) is 18.5 Å². The maximum atomic E-state index is 12.8. The Morgan fingerprint density at radius 3 is 1.33 bits per heavy atom. The lowest BCUT2D eigenvalue weighted by Crippen LogP contribution is -2.60. The van der Waals surface area contributed by atoms with E-state index < -0.39 is 54.7 Å². The summed E-state index contributed by atoms with van der Waals surface area (Å²) in [6, 6.07) is 0. The van der Waals surface area contributed by atoms with Crippen molar-refractivity contribution in [3.63, 3.8) is 0 Å². The van der Waals surface area contributed by atoms with Crippen molar-refractivity contribution in [1.82, 2.24) is 0 Å². The van der Waals surface area contributed by atoms with Gasteiger partial charge in [0, 0.05) is 12.8 Å². The number of aliphatic hydroxyl groups excluding tert-OH is 3. The zero-order valence-electron chi connectivity index (χ0n) is 40.1. The Hall–Kier alpha value is -2.31. The number of rotatable bonds is 44. The van der Waals surface area contributed by atoms with Crippen molar-refractivity contribution in [2.45, 2.75) is 275 Å². The van der Waals surface area contributed by atoms with Gasteiger partial charge in [0.05, 0.1) is 6.61 Å². The summed E-state index contributed by atoms with van der Waals surface area (Å²) in [5, 5.41) is 39.9. The Bertz CT molecular complexity index is 1140. The fraction of sp³-hybridized carbons (Fsp3) is 0.865. The van der Waals surface area contributed by atoms with E-state index in [0.717, 1.165) is 57.8 Å². The van der Waals surface area contributed by atoms with Crippen molar-refractivity contribution in [3.05, 3.63) is 24.3 Å². The molecule has 0 aromatic carbocycles. The molecule has 0 spiro atoms. The average Bonchev–Trinajstić information content (AvgIpc) is 3.27. The first kappa shape index (κ1) is 58.7. The third-order valence-corrected chi connectivity index (χ3v) is 12.1. The minimum absolute atomic E-state index is 0.185. The van der Waals surface area contributed by atoms with Gasteiger partial charge in [-0.1, -0.05) is 205 Å². The van der Waals surface area contributed by atoms with Crippen LogP contribution in [0.3, 0.4) is 0 Å². The Morgan fingerprint density at radius 2 is 0.889 bits per heavy atom. The van der Waals surface area contributed by atoms with Crippen molar-refractivity contribution in [1.29, 1.82) is 0 Å². The smallest absolute Gasteiger partial charge is 0.335 e. The molecule has 0 aliphatic carbocycles. The molecule has 0 radical (unpaired) electrons. The molecule has 11 heteroatoms. The van der Waals surface area contributed by atoms with Crippen molar-refractivity contribution in [3.8, 4) is 0 Å². The molecule has 368 valence electrons. The first-order valence-corrected chi connectivity index (χ1v) is 25.9. The van der Waals surface area contributed by atoms with Crippen LogP contribution in [0, 0.1) is 0 Å². The van der Waals surface area contributed by atoms with E-state index in [4.69, 9.17) is 18.9 Å². The highest BCUT2D eigenvalue weighted by molar-refractivity contribution is 5.73. The van der Waals surface area contributed by atoms with Gasteiger partial charge in [-0.3, -0.25) is 9.59 Å². The lowest BCUT2D eigenvalue weighted by molar-refractivity contribution is -0.298. The fourth-order valence-corrected chi connectivity index (χ4v) is 7.97. The second-order valence-electron chi connectivity index (χ2n) is 18.0. The third-order valence-electron chi connectivity index (χ3n) is 12.1. The predicted octanol–water partition coefficient (Wildman–Crippen LogP) is 12.2. The third kappa shape index (κ3) is 33.8. The highest BCUT2D eigenvalue weighted by Gasteiger charge is 2.47. The van der Waals surface area contributed by atoms with Crippen LogP contribution in [-0.2, 0) is 33.3 Å². The minimum Gasteiger partial charge on any atom is -0.479 e. The molecule has 1 fully saturated rings. The molecular formula is C52H94O11. The lowest BCUT2D eigenvalue weighted by Gasteiger charge is -2.38. The summed E-state index contributed by atoms with van der Waals surface area (Å²) in [6.07, 6.45) is 39.4. The van der Waals surface area contributed by atoms with Crippen molar-refractivity contribution >= 4 is 17.9 Å². The monoisotopic (exact) mass is 895 g/mol. The summed E-state index contributed by atoms with van der Waals surface area (Å²) in [4.78, 5) is 37.0. The molecule has 1 aliphatic rings. The molecule has 1 aliphatic heterocycles.